The Kier molecular flexibility index (Phi) is 2.62. The van der Waals surface area contributed by atoms with E-state index in [-0.39, 0.29) is 0 Å². The summed E-state index contributed by atoms with van der Waals surface area (Å²) in [6.07, 6.45) is 3.35. The molecule has 0 amide bonds. The molecule has 2 nitrogen and oxygen atoms in total. The van der Waals surface area contributed by atoms with Gasteiger partial charge in [-0.3, -0.25) is 0 Å². The number of thiazole rings is 1. The molecule has 16 heavy (non-hydrogen) atoms. The van der Waals surface area contributed by atoms with Gasteiger partial charge in [0.25, 0.3) is 0 Å². The summed E-state index contributed by atoms with van der Waals surface area (Å²) in [4.78, 5) is 4.67. The largest absolute Gasteiger partial charge is 0.328 e. The SMILES string of the molecule is N[C@H]1CC[C@@H](c2nc3cccc(Cl)c3s2)C1. The normalized spacial score (nSPS) is 25.4. The first-order valence-electron chi connectivity index (χ1n) is 5.54. The second-order valence-electron chi connectivity index (χ2n) is 4.41. The molecule has 1 aromatic heterocycles. The first kappa shape index (κ1) is 10.5. The lowest BCUT2D eigenvalue weighted by atomic mass is 10.1. The fourth-order valence-electron chi connectivity index (χ4n) is 2.35. The van der Waals surface area contributed by atoms with E-state index in [1.54, 1.807) is 11.3 Å². The van der Waals surface area contributed by atoms with Crippen LogP contribution in [0.25, 0.3) is 10.2 Å². The van der Waals surface area contributed by atoms with Crippen molar-refractivity contribution in [1.29, 1.82) is 0 Å². The molecule has 3 rings (SSSR count). The number of hydrogen-bond donors (Lipinski definition) is 1. The van der Waals surface area contributed by atoms with Gasteiger partial charge >= 0.3 is 0 Å². The predicted octanol–water partition coefficient (Wildman–Crippen LogP) is 3.54. The van der Waals surface area contributed by atoms with E-state index in [0.29, 0.717) is 12.0 Å². The highest BCUT2D eigenvalue weighted by Gasteiger charge is 2.26. The van der Waals surface area contributed by atoms with E-state index in [1.807, 2.05) is 18.2 Å². The molecule has 1 aliphatic rings. The molecule has 2 atom stereocenters. The molecular weight excluding hydrogens is 240 g/mol. The molecule has 0 saturated heterocycles. The zero-order chi connectivity index (χ0) is 11.1. The topological polar surface area (TPSA) is 38.9 Å². The van der Waals surface area contributed by atoms with Gasteiger partial charge in [0.15, 0.2) is 0 Å². The van der Waals surface area contributed by atoms with E-state index in [2.05, 4.69) is 4.98 Å². The molecule has 0 spiro atoms. The van der Waals surface area contributed by atoms with Crippen molar-refractivity contribution in [2.75, 3.05) is 0 Å². The highest BCUT2D eigenvalue weighted by molar-refractivity contribution is 7.19. The highest BCUT2D eigenvalue weighted by Crippen LogP contribution is 2.39. The minimum Gasteiger partial charge on any atom is -0.328 e. The molecule has 2 aromatic rings. The fraction of sp³-hybridized carbons (Fsp3) is 0.417. The highest BCUT2D eigenvalue weighted by atomic mass is 35.5. The van der Waals surface area contributed by atoms with E-state index in [1.165, 1.54) is 11.4 Å². The van der Waals surface area contributed by atoms with Crippen LogP contribution in [0.15, 0.2) is 18.2 Å². The molecular formula is C12H13ClN2S. The molecule has 1 fully saturated rings. The third kappa shape index (κ3) is 1.73. The van der Waals surface area contributed by atoms with Crippen LogP contribution in [0.4, 0.5) is 0 Å². The van der Waals surface area contributed by atoms with Gasteiger partial charge in [-0.15, -0.1) is 11.3 Å². The minimum atomic E-state index is 0.354. The number of benzene rings is 1. The zero-order valence-electron chi connectivity index (χ0n) is 8.82. The van der Waals surface area contributed by atoms with Gasteiger partial charge in [0.2, 0.25) is 0 Å². The van der Waals surface area contributed by atoms with Crippen molar-refractivity contribution in [1.82, 2.24) is 4.98 Å². The zero-order valence-corrected chi connectivity index (χ0v) is 10.4. The first-order chi connectivity index (χ1) is 7.74. The van der Waals surface area contributed by atoms with Gasteiger partial charge in [0, 0.05) is 12.0 Å². The number of fused-ring (bicyclic) bond motifs is 1. The Labute approximate surface area is 103 Å². The predicted molar refractivity (Wildman–Crippen MR) is 69.2 cm³/mol. The Balaban J connectivity index is 2.02. The molecule has 1 aliphatic carbocycles. The number of nitrogens with zero attached hydrogens (tertiary/aromatic N) is 1. The van der Waals surface area contributed by atoms with Crippen molar-refractivity contribution in [3.05, 3.63) is 28.2 Å². The molecule has 0 bridgehead atoms. The van der Waals surface area contributed by atoms with Crippen molar-refractivity contribution in [3.63, 3.8) is 0 Å². The summed E-state index contributed by atoms with van der Waals surface area (Å²) in [5.41, 5.74) is 6.96. The molecule has 84 valence electrons. The average Bonchev–Trinajstić information content (AvgIpc) is 2.84. The monoisotopic (exact) mass is 252 g/mol. The van der Waals surface area contributed by atoms with Crippen LogP contribution in [0.5, 0.6) is 0 Å². The van der Waals surface area contributed by atoms with Gasteiger partial charge in [-0.25, -0.2) is 4.98 Å². The lowest BCUT2D eigenvalue weighted by molar-refractivity contribution is 0.673. The van der Waals surface area contributed by atoms with E-state index in [9.17, 15) is 0 Å². The van der Waals surface area contributed by atoms with Crippen LogP contribution in [0.3, 0.4) is 0 Å². The number of hydrogen-bond acceptors (Lipinski definition) is 3. The Hall–Kier alpha value is -0.640. The van der Waals surface area contributed by atoms with E-state index >= 15 is 0 Å². The van der Waals surface area contributed by atoms with Gasteiger partial charge in [-0.05, 0) is 31.4 Å². The Morgan fingerprint density at radius 3 is 2.94 bits per heavy atom. The second kappa shape index (κ2) is 3.99. The van der Waals surface area contributed by atoms with Crippen molar-refractivity contribution in [3.8, 4) is 0 Å². The lowest BCUT2D eigenvalue weighted by Crippen LogP contribution is -2.14. The van der Waals surface area contributed by atoms with Crippen LogP contribution in [0.1, 0.15) is 30.2 Å². The van der Waals surface area contributed by atoms with Crippen molar-refractivity contribution in [2.45, 2.75) is 31.2 Å². The molecule has 0 unspecified atom stereocenters. The maximum Gasteiger partial charge on any atom is 0.0970 e. The third-order valence-electron chi connectivity index (χ3n) is 3.21. The minimum absolute atomic E-state index is 0.354. The molecule has 1 aromatic carbocycles. The van der Waals surface area contributed by atoms with Crippen LogP contribution >= 0.6 is 22.9 Å². The summed E-state index contributed by atoms with van der Waals surface area (Å²) in [5.74, 6) is 0.545. The van der Waals surface area contributed by atoms with Gasteiger partial charge in [0.05, 0.1) is 20.2 Å². The maximum absolute atomic E-state index is 6.15. The smallest absolute Gasteiger partial charge is 0.0970 e. The van der Waals surface area contributed by atoms with Gasteiger partial charge < -0.3 is 5.73 Å². The lowest BCUT2D eigenvalue weighted by Gasteiger charge is -2.03. The van der Waals surface area contributed by atoms with Crippen LogP contribution in [-0.4, -0.2) is 11.0 Å². The Morgan fingerprint density at radius 2 is 2.25 bits per heavy atom. The summed E-state index contributed by atoms with van der Waals surface area (Å²) in [6, 6.07) is 6.25. The summed E-state index contributed by atoms with van der Waals surface area (Å²) in [7, 11) is 0. The maximum atomic E-state index is 6.15. The van der Waals surface area contributed by atoms with E-state index in [4.69, 9.17) is 17.3 Å². The van der Waals surface area contributed by atoms with Crippen molar-refractivity contribution >= 4 is 33.2 Å². The van der Waals surface area contributed by atoms with Gasteiger partial charge in [-0.1, -0.05) is 17.7 Å². The average molecular weight is 253 g/mol. The fourth-order valence-corrected chi connectivity index (χ4v) is 3.75. The Bertz CT molecular complexity index is 523. The van der Waals surface area contributed by atoms with Gasteiger partial charge in [-0.2, -0.15) is 0 Å². The second-order valence-corrected chi connectivity index (χ2v) is 5.85. The van der Waals surface area contributed by atoms with Gasteiger partial charge in [0.1, 0.15) is 0 Å². The number of halogens is 1. The van der Waals surface area contributed by atoms with Crippen molar-refractivity contribution in [2.24, 2.45) is 5.73 Å². The van der Waals surface area contributed by atoms with E-state index in [0.717, 1.165) is 28.1 Å². The summed E-state index contributed by atoms with van der Waals surface area (Å²) in [6.45, 7) is 0. The molecule has 0 aliphatic heterocycles. The standard InChI is InChI=1S/C12H13ClN2S/c13-9-2-1-3-10-11(9)16-12(15-10)7-4-5-8(14)6-7/h1-3,7-8H,4-6,14H2/t7-,8+/m1/s1. The number of rotatable bonds is 1. The molecule has 2 N–H and O–H groups in total. The van der Waals surface area contributed by atoms with Crippen LogP contribution in [-0.2, 0) is 0 Å². The van der Waals surface area contributed by atoms with Crippen molar-refractivity contribution < 1.29 is 0 Å². The molecule has 1 heterocycles. The Morgan fingerprint density at radius 1 is 1.38 bits per heavy atom. The summed E-state index contributed by atoms with van der Waals surface area (Å²) < 4.78 is 1.11. The van der Waals surface area contributed by atoms with Crippen LogP contribution < -0.4 is 5.73 Å². The van der Waals surface area contributed by atoms with Crippen LogP contribution in [0.2, 0.25) is 5.02 Å². The molecule has 1 saturated carbocycles. The molecule has 0 radical (unpaired) electrons. The third-order valence-corrected chi connectivity index (χ3v) is 4.90. The van der Waals surface area contributed by atoms with Crippen LogP contribution in [0, 0.1) is 0 Å². The number of aromatic nitrogens is 1. The quantitative estimate of drug-likeness (QED) is 0.843. The first-order valence-corrected chi connectivity index (χ1v) is 6.74. The molecule has 4 heteroatoms. The summed E-state index contributed by atoms with van der Waals surface area (Å²) >= 11 is 7.88. The summed E-state index contributed by atoms with van der Waals surface area (Å²) in [5, 5.41) is 2.01. The van der Waals surface area contributed by atoms with E-state index < -0.39 is 0 Å². The number of nitrogens with two attached hydrogens (primary N) is 1.